The van der Waals surface area contributed by atoms with E-state index in [1.54, 1.807) is 0 Å². The largest absolute Gasteiger partial charge is 0.548 e. The summed E-state index contributed by atoms with van der Waals surface area (Å²) in [5.74, 6) is -3.92. The molecule has 120 valence electrons. The van der Waals surface area contributed by atoms with Crippen molar-refractivity contribution in [3.63, 3.8) is 0 Å². The third kappa shape index (κ3) is 2.87. The predicted molar refractivity (Wildman–Crippen MR) is 77.5 cm³/mol. The van der Waals surface area contributed by atoms with Crippen LogP contribution in [0.15, 0.2) is 12.2 Å². The number of amides is 3. The van der Waals surface area contributed by atoms with E-state index in [4.69, 9.17) is 0 Å². The average Bonchev–Trinajstić information content (AvgIpc) is 2.75. The fourth-order valence-corrected chi connectivity index (χ4v) is 3.04. The van der Waals surface area contributed by atoms with Gasteiger partial charge in [0.05, 0.1) is 23.8 Å². The van der Waals surface area contributed by atoms with Crippen molar-refractivity contribution in [3.8, 4) is 0 Å². The molecule has 7 nitrogen and oxygen atoms in total. The zero-order valence-corrected chi connectivity index (χ0v) is 12.9. The lowest BCUT2D eigenvalue weighted by Crippen LogP contribution is -2.55. The van der Waals surface area contributed by atoms with E-state index in [0.717, 1.165) is 4.90 Å². The molecule has 1 saturated heterocycles. The second-order valence-electron chi connectivity index (χ2n) is 5.44. The minimum absolute atomic E-state index is 0.141. The first kappa shape index (κ1) is 16.5. The van der Waals surface area contributed by atoms with Gasteiger partial charge in [-0.15, -0.1) is 0 Å². The van der Waals surface area contributed by atoms with Gasteiger partial charge in [0.25, 0.3) is 0 Å². The van der Waals surface area contributed by atoms with E-state index in [0.29, 0.717) is 12.8 Å². The van der Waals surface area contributed by atoms with Crippen LogP contribution in [0.2, 0.25) is 0 Å². The number of nitrogens with one attached hydrogen (secondary N) is 1. The van der Waals surface area contributed by atoms with Gasteiger partial charge in [-0.1, -0.05) is 12.2 Å². The SMILES string of the molecule is C[C@@H](C(=O)N[C@@H](CS)C(=O)[O-])N1C(=O)[C@H]2CC=CC[C@@H]2C1=O. The number of thiol groups is 1. The molecular formula is C14H17N2O5S-. The van der Waals surface area contributed by atoms with Crippen LogP contribution >= 0.6 is 12.6 Å². The Morgan fingerprint density at radius 1 is 1.32 bits per heavy atom. The topological polar surface area (TPSA) is 107 Å². The molecule has 3 amide bonds. The molecule has 22 heavy (non-hydrogen) atoms. The molecule has 1 heterocycles. The molecular weight excluding hydrogens is 308 g/mol. The molecule has 0 bridgehead atoms. The summed E-state index contributed by atoms with van der Waals surface area (Å²) in [7, 11) is 0. The quantitative estimate of drug-likeness (QED) is 0.363. The molecule has 0 aromatic rings. The van der Waals surface area contributed by atoms with Crippen molar-refractivity contribution < 1.29 is 24.3 Å². The number of carbonyl (C=O) groups excluding carboxylic acids is 4. The Morgan fingerprint density at radius 3 is 2.23 bits per heavy atom. The molecule has 0 unspecified atom stereocenters. The van der Waals surface area contributed by atoms with Gasteiger partial charge >= 0.3 is 0 Å². The molecule has 1 aliphatic carbocycles. The highest BCUT2D eigenvalue weighted by Gasteiger charge is 2.50. The molecule has 2 rings (SSSR count). The van der Waals surface area contributed by atoms with Crippen molar-refractivity contribution in [2.45, 2.75) is 31.8 Å². The number of hydrogen-bond donors (Lipinski definition) is 2. The van der Waals surface area contributed by atoms with Gasteiger partial charge in [0.15, 0.2) is 0 Å². The summed E-state index contributed by atoms with van der Waals surface area (Å²) in [6.07, 6.45) is 4.68. The van der Waals surface area contributed by atoms with Crippen LogP contribution in [0.1, 0.15) is 19.8 Å². The summed E-state index contributed by atoms with van der Waals surface area (Å²) in [6, 6.07) is -2.33. The minimum Gasteiger partial charge on any atom is -0.548 e. The van der Waals surface area contributed by atoms with Gasteiger partial charge in [0.1, 0.15) is 6.04 Å². The van der Waals surface area contributed by atoms with Gasteiger partial charge in [0, 0.05) is 5.75 Å². The van der Waals surface area contributed by atoms with Crippen LogP contribution in [0, 0.1) is 11.8 Å². The Kier molecular flexibility index (Phi) is 4.90. The maximum absolute atomic E-state index is 12.3. The van der Waals surface area contributed by atoms with Gasteiger partial charge in [0.2, 0.25) is 17.7 Å². The number of rotatable bonds is 5. The number of imide groups is 1. The molecule has 0 spiro atoms. The smallest absolute Gasteiger partial charge is 0.243 e. The maximum Gasteiger partial charge on any atom is 0.243 e. The first-order chi connectivity index (χ1) is 10.4. The second-order valence-corrected chi connectivity index (χ2v) is 5.81. The second kappa shape index (κ2) is 6.51. The number of likely N-dealkylation sites (tertiary alicyclic amines) is 1. The summed E-state index contributed by atoms with van der Waals surface area (Å²) < 4.78 is 0. The molecule has 1 N–H and O–H groups in total. The highest BCUT2D eigenvalue weighted by Crippen LogP contribution is 2.36. The number of fused-ring (bicyclic) bond motifs is 1. The van der Waals surface area contributed by atoms with Crippen molar-refractivity contribution in [3.05, 3.63) is 12.2 Å². The number of hydrogen-bond acceptors (Lipinski definition) is 6. The lowest BCUT2D eigenvalue weighted by atomic mass is 9.85. The molecule has 1 aliphatic heterocycles. The van der Waals surface area contributed by atoms with E-state index >= 15 is 0 Å². The molecule has 8 heteroatoms. The van der Waals surface area contributed by atoms with Crippen molar-refractivity contribution in [2.75, 3.05) is 5.75 Å². The standard InChI is InChI=1S/C14H18N2O5S/c1-7(11(17)15-10(6-22)14(20)21)16-12(18)8-4-2-3-5-9(8)13(16)19/h2-3,7-10,22H,4-6H2,1H3,(H,15,17)(H,20,21)/p-1/t7-,8-,9-,10-/m0/s1. The number of carboxylic acids is 1. The van der Waals surface area contributed by atoms with Crippen LogP contribution in [0.4, 0.5) is 0 Å². The first-order valence-corrected chi connectivity index (χ1v) is 7.65. The van der Waals surface area contributed by atoms with E-state index in [9.17, 15) is 24.3 Å². The lowest BCUT2D eigenvalue weighted by molar-refractivity contribution is -0.307. The van der Waals surface area contributed by atoms with Crippen LogP contribution in [-0.2, 0) is 19.2 Å². The minimum atomic E-state index is -1.47. The lowest BCUT2D eigenvalue weighted by Gasteiger charge is -2.25. The van der Waals surface area contributed by atoms with Gasteiger partial charge in [-0.2, -0.15) is 12.6 Å². The van der Waals surface area contributed by atoms with E-state index in [1.165, 1.54) is 6.92 Å². The highest BCUT2D eigenvalue weighted by molar-refractivity contribution is 7.80. The van der Waals surface area contributed by atoms with Crippen LogP contribution in [-0.4, -0.2) is 46.4 Å². The Hall–Kier alpha value is -1.83. The molecule has 0 radical (unpaired) electrons. The monoisotopic (exact) mass is 325 g/mol. The molecule has 2 aliphatic rings. The van der Waals surface area contributed by atoms with Crippen molar-refractivity contribution in [1.29, 1.82) is 0 Å². The summed E-state index contributed by atoms with van der Waals surface area (Å²) in [5.41, 5.74) is 0. The van der Waals surface area contributed by atoms with E-state index < -0.39 is 35.8 Å². The third-order valence-electron chi connectivity index (χ3n) is 4.09. The Labute approximate surface area is 133 Å². The van der Waals surface area contributed by atoms with Crippen LogP contribution < -0.4 is 10.4 Å². The van der Waals surface area contributed by atoms with Crippen molar-refractivity contribution in [1.82, 2.24) is 10.2 Å². The van der Waals surface area contributed by atoms with Gasteiger partial charge in [-0.05, 0) is 19.8 Å². The number of nitrogens with zero attached hydrogens (tertiary/aromatic N) is 1. The maximum atomic E-state index is 12.3. The summed E-state index contributed by atoms with van der Waals surface area (Å²) in [5, 5.41) is 13.0. The van der Waals surface area contributed by atoms with Crippen LogP contribution in [0.3, 0.4) is 0 Å². The van der Waals surface area contributed by atoms with Gasteiger partial charge in [-0.25, -0.2) is 0 Å². The normalized spacial score (nSPS) is 26.5. The highest BCUT2D eigenvalue weighted by atomic mass is 32.1. The van der Waals surface area contributed by atoms with Crippen LogP contribution in [0.25, 0.3) is 0 Å². The van der Waals surface area contributed by atoms with Crippen LogP contribution in [0.5, 0.6) is 0 Å². The van der Waals surface area contributed by atoms with E-state index in [2.05, 4.69) is 17.9 Å². The number of allylic oxidation sites excluding steroid dienone is 2. The molecule has 4 atom stereocenters. The predicted octanol–water partition coefficient (Wildman–Crippen LogP) is -1.51. The van der Waals surface area contributed by atoms with Gasteiger partial charge < -0.3 is 15.2 Å². The number of aliphatic carboxylic acids is 1. The molecule has 0 saturated carbocycles. The zero-order chi connectivity index (χ0) is 16.4. The Balaban J connectivity index is 2.10. The summed E-state index contributed by atoms with van der Waals surface area (Å²) in [4.78, 5) is 48.5. The Bertz CT molecular complexity index is 521. The molecule has 0 aromatic heterocycles. The third-order valence-corrected chi connectivity index (χ3v) is 4.46. The summed E-state index contributed by atoms with van der Waals surface area (Å²) >= 11 is 3.82. The fourth-order valence-electron chi connectivity index (χ4n) is 2.80. The van der Waals surface area contributed by atoms with E-state index in [-0.39, 0.29) is 17.6 Å². The molecule has 1 fully saturated rings. The van der Waals surface area contributed by atoms with Crippen molar-refractivity contribution >= 4 is 36.3 Å². The van der Waals surface area contributed by atoms with Gasteiger partial charge in [-0.3, -0.25) is 19.3 Å². The fraction of sp³-hybridized carbons (Fsp3) is 0.571. The zero-order valence-electron chi connectivity index (χ0n) is 12.0. The summed E-state index contributed by atoms with van der Waals surface area (Å²) in [6.45, 7) is 1.40. The molecule has 0 aromatic carbocycles. The Morgan fingerprint density at radius 2 is 1.82 bits per heavy atom. The number of carboxylic acid groups (broad SMARTS) is 1. The number of carbonyl (C=O) groups is 4. The van der Waals surface area contributed by atoms with E-state index in [1.807, 2.05) is 12.2 Å². The first-order valence-electron chi connectivity index (χ1n) is 7.02. The average molecular weight is 325 g/mol. The van der Waals surface area contributed by atoms with Crippen molar-refractivity contribution in [2.24, 2.45) is 11.8 Å².